The van der Waals surface area contributed by atoms with E-state index in [0.717, 1.165) is 22.4 Å². The zero-order chi connectivity index (χ0) is 18.8. The van der Waals surface area contributed by atoms with Crippen molar-refractivity contribution in [3.8, 4) is 5.69 Å². The molecule has 27 heavy (non-hydrogen) atoms. The van der Waals surface area contributed by atoms with Crippen LogP contribution in [0.2, 0.25) is 5.02 Å². The molecular formula is C20H18ClN5O. The number of amides is 1. The molecule has 0 fully saturated rings. The Morgan fingerprint density at radius 2 is 2.07 bits per heavy atom. The molecule has 2 aromatic heterocycles. The zero-order valence-corrected chi connectivity index (χ0v) is 15.5. The van der Waals surface area contributed by atoms with Crippen LogP contribution < -0.4 is 5.32 Å². The van der Waals surface area contributed by atoms with Gasteiger partial charge in [0, 0.05) is 5.02 Å². The molecule has 1 amide bonds. The van der Waals surface area contributed by atoms with Crippen LogP contribution in [0, 0.1) is 0 Å². The molecule has 0 unspecified atom stereocenters. The molecular weight excluding hydrogens is 362 g/mol. The standard InChI is InChI=1S/C20H18ClN5O/c1-2-18-15(11-23-26(18)14-7-5-6-13(21)10-14)20(27)22-12-19-24-16-8-3-4-9-17(16)25-19/h3-11H,2,12H2,1H3,(H,22,27)(H,24,25). The molecule has 6 nitrogen and oxygen atoms in total. The molecule has 0 radical (unpaired) electrons. The first-order valence-electron chi connectivity index (χ1n) is 8.70. The Labute approximate surface area is 161 Å². The second-order valence-electron chi connectivity index (χ2n) is 6.13. The van der Waals surface area contributed by atoms with Crippen molar-refractivity contribution in [3.63, 3.8) is 0 Å². The maximum atomic E-state index is 12.7. The number of rotatable bonds is 5. The summed E-state index contributed by atoms with van der Waals surface area (Å²) in [6, 6.07) is 15.2. The topological polar surface area (TPSA) is 75.6 Å². The predicted molar refractivity (Wildman–Crippen MR) is 105 cm³/mol. The maximum absolute atomic E-state index is 12.7. The summed E-state index contributed by atoms with van der Waals surface area (Å²) in [6.45, 7) is 2.31. The minimum atomic E-state index is -0.180. The Balaban J connectivity index is 1.55. The lowest BCUT2D eigenvalue weighted by Crippen LogP contribution is -2.24. The molecule has 2 N–H and O–H groups in total. The highest BCUT2D eigenvalue weighted by Crippen LogP contribution is 2.19. The van der Waals surface area contributed by atoms with Gasteiger partial charge in [-0.2, -0.15) is 5.10 Å². The number of aromatic amines is 1. The minimum Gasteiger partial charge on any atom is -0.345 e. The van der Waals surface area contributed by atoms with Gasteiger partial charge in [-0.25, -0.2) is 9.67 Å². The Bertz CT molecular complexity index is 1080. The molecule has 0 saturated heterocycles. The predicted octanol–water partition coefficient (Wildman–Crippen LogP) is 3.89. The third-order valence-corrected chi connectivity index (χ3v) is 4.59. The van der Waals surface area contributed by atoms with Crippen LogP contribution in [-0.4, -0.2) is 25.7 Å². The lowest BCUT2D eigenvalue weighted by atomic mass is 10.2. The molecule has 0 bridgehead atoms. The quantitative estimate of drug-likeness (QED) is 0.552. The molecule has 0 aliphatic rings. The van der Waals surface area contributed by atoms with Crippen LogP contribution in [0.15, 0.2) is 54.7 Å². The SMILES string of the molecule is CCc1c(C(=O)NCc2nc3ccccc3[nH]2)cnn1-c1cccc(Cl)c1. The zero-order valence-electron chi connectivity index (χ0n) is 14.7. The molecule has 0 aliphatic carbocycles. The van der Waals surface area contributed by atoms with Gasteiger partial charge in [0.1, 0.15) is 5.82 Å². The number of halogens is 1. The van der Waals surface area contributed by atoms with Crippen molar-refractivity contribution in [2.45, 2.75) is 19.9 Å². The van der Waals surface area contributed by atoms with Gasteiger partial charge in [0.25, 0.3) is 5.91 Å². The normalized spacial score (nSPS) is 11.0. The number of nitrogens with zero attached hydrogens (tertiary/aromatic N) is 3. The number of fused-ring (bicyclic) bond motifs is 1. The number of nitrogens with one attached hydrogen (secondary N) is 2. The molecule has 4 rings (SSSR count). The van der Waals surface area contributed by atoms with Crippen molar-refractivity contribution in [1.82, 2.24) is 25.1 Å². The monoisotopic (exact) mass is 379 g/mol. The van der Waals surface area contributed by atoms with Crippen LogP contribution in [0.25, 0.3) is 16.7 Å². The van der Waals surface area contributed by atoms with Crippen LogP contribution in [0.3, 0.4) is 0 Å². The molecule has 136 valence electrons. The highest BCUT2D eigenvalue weighted by molar-refractivity contribution is 6.30. The van der Waals surface area contributed by atoms with Gasteiger partial charge in [-0.05, 0) is 36.8 Å². The minimum absolute atomic E-state index is 0.180. The average Bonchev–Trinajstić information content (AvgIpc) is 3.29. The largest absolute Gasteiger partial charge is 0.345 e. The third kappa shape index (κ3) is 3.44. The highest BCUT2D eigenvalue weighted by Gasteiger charge is 2.17. The van der Waals surface area contributed by atoms with E-state index in [0.29, 0.717) is 29.4 Å². The lowest BCUT2D eigenvalue weighted by Gasteiger charge is -2.08. The van der Waals surface area contributed by atoms with E-state index in [1.807, 2.05) is 49.4 Å². The summed E-state index contributed by atoms with van der Waals surface area (Å²) >= 11 is 6.08. The van der Waals surface area contributed by atoms with E-state index < -0.39 is 0 Å². The van der Waals surface area contributed by atoms with E-state index in [9.17, 15) is 4.79 Å². The molecule has 0 atom stereocenters. The van der Waals surface area contributed by atoms with Crippen molar-refractivity contribution >= 4 is 28.5 Å². The first kappa shape index (κ1) is 17.3. The molecule has 0 spiro atoms. The van der Waals surface area contributed by atoms with E-state index in [2.05, 4.69) is 20.4 Å². The number of hydrogen-bond donors (Lipinski definition) is 2. The van der Waals surface area contributed by atoms with Crippen LogP contribution in [-0.2, 0) is 13.0 Å². The van der Waals surface area contributed by atoms with Crippen LogP contribution in [0.5, 0.6) is 0 Å². The summed E-state index contributed by atoms with van der Waals surface area (Å²) in [7, 11) is 0. The fraction of sp³-hybridized carbons (Fsp3) is 0.150. The van der Waals surface area contributed by atoms with Crippen LogP contribution in [0.1, 0.15) is 28.8 Å². The Hall–Kier alpha value is -3.12. The maximum Gasteiger partial charge on any atom is 0.255 e. The van der Waals surface area contributed by atoms with Gasteiger partial charge < -0.3 is 10.3 Å². The molecule has 2 heterocycles. The van der Waals surface area contributed by atoms with E-state index >= 15 is 0 Å². The van der Waals surface area contributed by atoms with Crippen molar-refractivity contribution in [3.05, 3.63) is 76.8 Å². The summed E-state index contributed by atoms with van der Waals surface area (Å²) < 4.78 is 1.75. The van der Waals surface area contributed by atoms with Crippen LogP contribution in [0.4, 0.5) is 0 Å². The van der Waals surface area contributed by atoms with Gasteiger partial charge in [0.15, 0.2) is 0 Å². The van der Waals surface area contributed by atoms with E-state index in [1.165, 1.54) is 0 Å². The summed E-state index contributed by atoms with van der Waals surface area (Å²) in [5.41, 5.74) is 4.04. The van der Waals surface area contributed by atoms with Gasteiger partial charge in [-0.15, -0.1) is 0 Å². The number of benzene rings is 2. The summed E-state index contributed by atoms with van der Waals surface area (Å²) in [5, 5.41) is 7.92. The second-order valence-corrected chi connectivity index (χ2v) is 6.57. The first-order valence-corrected chi connectivity index (χ1v) is 9.08. The third-order valence-electron chi connectivity index (χ3n) is 4.36. The summed E-state index contributed by atoms with van der Waals surface area (Å²) in [6.07, 6.45) is 2.26. The number of H-pyrrole nitrogens is 1. The van der Waals surface area contributed by atoms with E-state index in [1.54, 1.807) is 16.9 Å². The number of hydrogen-bond acceptors (Lipinski definition) is 3. The Morgan fingerprint density at radius 1 is 1.22 bits per heavy atom. The Morgan fingerprint density at radius 3 is 2.85 bits per heavy atom. The van der Waals surface area contributed by atoms with Gasteiger partial charge in [-0.1, -0.05) is 36.7 Å². The summed E-state index contributed by atoms with van der Waals surface area (Å²) in [4.78, 5) is 20.4. The van der Waals surface area contributed by atoms with Crippen molar-refractivity contribution < 1.29 is 4.79 Å². The van der Waals surface area contributed by atoms with Crippen molar-refractivity contribution in [2.24, 2.45) is 0 Å². The lowest BCUT2D eigenvalue weighted by molar-refractivity contribution is 0.0949. The average molecular weight is 380 g/mol. The van der Waals surface area contributed by atoms with Crippen molar-refractivity contribution in [1.29, 1.82) is 0 Å². The molecule has 4 aromatic rings. The van der Waals surface area contributed by atoms with E-state index in [4.69, 9.17) is 11.6 Å². The van der Waals surface area contributed by atoms with Gasteiger partial charge in [-0.3, -0.25) is 4.79 Å². The number of aromatic nitrogens is 4. The van der Waals surface area contributed by atoms with Crippen molar-refractivity contribution in [2.75, 3.05) is 0 Å². The number of carbonyl (C=O) groups excluding carboxylic acids is 1. The smallest absolute Gasteiger partial charge is 0.255 e. The van der Waals surface area contributed by atoms with Gasteiger partial charge in [0.05, 0.1) is 40.7 Å². The second kappa shape index (κ2) is 7.25. The van der Waals surface area contributed by atoms with Crippen LogP contribution >= 0.6 is 11.6 Å². The number of para-hydroxylation sites is 2. The molecule has 2 aromatic carbocycles. The fourth-order valence-corrected chi connectivity index (χ4v) is 3.27. The van der Waals surface area contributed by atoms with Gasteiger partial charge >= 0.3 is 0 Å². The first-order chi connectivity index (χ1) is 13.2. The number of carbonyl (C=O) groups is 1. The van der Waals surface area contributed by atoms with E-state index in [-0.39, 0.29) is 5.91 Å². The Kier molecular flexibility index (Phi) is 4.64. The molecule has 0 saturated carbocycles. The molecule has 7 heteroatoms. The fourth-order valence-electron chi connectivity index (χ4n) is 3.08. The molecule has 0 aliphatic heterocycles. The highest BCUT2D eigenvalue weighted by atomic mass is 35.5. The summed E-state index contributed by atoms with van der Waals surface area (Å²) in [5.74, 6) is 0.533. The number of imidazole rings is 1. The van der Waals surface area contributed by atoms with Gasteiger partial charge in [0.2, 0.25) is 0 Å².